The summed E-state index contributed by atoms with van der Waals surface area (Å²) in [6, 6.07) is 5.45. The maximum atomic E-state index is 11.1. The average Bonchev–Trinajstić information content (AvgIpc) is 3.09. The minimum atomic E-state index is -0.709. The molecule has 0 spiro atoms. The molecule has 1 aliphatic rings. The molecule has 2 rings (SSSR count). The second-order valence-corrected chi connectivity index (χ2v) is 4.86. The molecule has 1 fully saturated rings. The number of carboxylic acid groups (broad SMARTS) is 1. The molecular weight excluding hydrogens is 240 g/mol. The van der Waals surface area contributed by atoms with E-state index < -0.39 is 5.97 Å². The highest BCUT2D eigenvalue weighted by Crippen LogP contribution is 2.39. The monoisotopic (exact) mass is 254 g/mol. The Balaban J connectivity index is 2.11. The van der Waals surface area contributed by atoms with E-state index in [1.807, 2.05) is 6.07 Å². The zero-order chi connectivity index (χ0) is 12.4. The number of ether oxygens (including phenoxy) is 1. The highest BCUT2D eigenvalue weighted by molar-refractivity contribution is 6.32. The third-order valence-corrected chi connectivity index (χ3v) is 3.48. The lowest BCUT2D eigenvalue weighted by atomic mass is 9.95. The van der Waals surface area contributed by atoms with E-state index in [1.165, 1.54) is 0 Å². The highest BCUT2D eigenvalue weighted by Gasteiger charge is 2.36. The van der Waals surface area contributed by atoms with Crippen LogP contribution in [-0.4, -0.2) is 18.2 Å². The number of carboxylic acids is 1. The van der Waals surface area contributed by atoms with E-state index >= 15 is 0 Å². The Kier molecular flexibility index (Phi) is 3.57. The largest absolute Gasteiger partial charge is 0.495 e. The van der Waals surface area contributed by atoms with Crippen LogP contribution in [0, 0.1) is 11.8 Å². The maximum absolute atomic E-state index is 11.1. The Morgan fingerprint density at radius 3 is 2.76 bits per heavy atom. The molecule has 4 heteroatoms. The fraction of sp³-hybridized carbons (Fsp3) is 0.462. The molecule has 1 aromatic carbocycles. The first-order valence-electron chi connectivity index (χ1n) is 5.67. The number of rotatable bonds is 5. The van der Waals surface area contributed by atoms with Gasteiger partial charge in [-0.05, 0) is 42.9 Å². The summed E-state index contributed by atoms with van der Waals surface area (Å²) >= 11 is 6.02. The number of benzene rings is 1. The molecule has 3 nitrogen and oxygen atoms in total. The average molecular weight is 255 g/mol. The van der Waals surface area contributed by atoms with Gasteiger partial charge in [-0.1, -0.05) is 17.7 Å². The topological polar surface area (TPSA) is 46.5 Å². The van der Waals surface area contributed by atoms with Gasteiger partial charge in [0.25, 0.3) is 0 Å². The molecule has 1 atom stereocenters. The quantitative estimate of drug-likeness (QED) is 0.879. The zero-order valence-electron chi connectivity index (χ0n) is 9.65. The van der Waals surface area contributed by atoms with Gasteiger partial charge in [0.1, 0.15) is 5.75 Å². The number of aliphatic carboxylic acids is 1. The number of hydrogen-bond acceptors (Lipinski definition) is 2. The SMILES string of the molecule is COc1ccc(CC(C(=O)O)C2CC2)cc1Cl. The van der Waals surface area contributed by atoms with Crippen molar-refractivity contribution in [2.75, 3.05) is 7.11 Å². The molecule has 1 aromatic rings. The third kappa shape index (κ3) is 2.91. The Morgan fingerprint density at radius 2 is 2.29 bits per heavy atom. The summed E-state index contributed by atoms with van der Waals surface area (Å²) in [6.07, 6.45) is 2.60. The van der Waals surface area contributed by atoms with Gasteiger partial charge in [-0.15, -0.1) is 0 Å². The number of methoxy groups -OCH3 is 1. The van der Waals surface area contributed by atoms with E-state index in [0.29, 0.717) is 23.1 Å². The van der Waals surface area contributed by atoms with Crippen LogP contribution in [0.1, 0.15) is 18.4 Å². The van der Waals surface area contributed by atoms with E-state index in [1.54, 1.807) is 19.2 Å². The minimum absolute atomic E-state index is 0.278. The number of hydrogen-bond donors (Lipinski definition) is 1. The molecule has 0 radical (unpaired) electrons. The molecule has 1 N–H and O–H groups in total. The first-order chi connectivity index (χ1) is 8.11. The molecule has 0 heterocycles. The van der Waals surface area contributed by atoms with Crippen LogP contribution >= 0.6 is 11.6 Å². The molecule has 0 bridgehead atoms. The third-order valence-electron chi connectivity index (χ3n) is 3.18. The fourth-order valence-corrected chi connectivity index (χ4v) is 2.33. The Labute approximate surface area is 105 Å². The normalized spacial score (nSPS) is 16.6. The van der Waals surface area contributed by atoms with Gasteiger partial charge in [-0.25, -0.2) is 0 Å². The van der Waals surface area contributed by atoms with Gasteiger partial charge in [0.15, 0.2) is 0 Å². The summed E-state index contributed by atoms with van der Waals surface area (Å²) in [4.78, 5) is 11.1. The van der Waals surface area contributed by atoms with E-state index in [4.69, 9.17) is 21.4 Å². The van der Waals surface area contributed by atoms with Crippen molar-refractivity contribution in [2.45, 2.75) is 19.3 Å². The first kappa shape index (κ1) is 12.2. The van der Waals surface area contributed by atoms with Crippen molar-refractivity contribution in [3.63, 3.8) is 0 Å². The van der Waals surface area contributed by atoms with Crippen molar-refractivity contribution in [1.29, 1.82) is 0 Å². The molecule has 92 valence electrons. The number of carbonyl (C=O) groups is 1. The predicted molar refractivity (Wildman–Crippen MR) is 65.6 cm³/mol. The summed E-state index contributed by atoms with van der Waals surface area (Å²) in [7, 11) is 1.56. The smallest absolute Gasteiger partial charge is 0.307 e. The summed E-state index contributed by atoms with van der Waals surface area (Å²) in [5, 5.41) is 9.69. The van der Waals surface area contributed by atoms with Gasteiger partial charge in [0, 0.05) is 0 Å². The zero-order valence-corrected chi connectivity index (χ0v) is 10.4. The maximum Gasteiger partial charge on any atom is 0.307 e. The Morgan fingerprint density at radius 1 is 1.59 bits per heavy atom. The first-order valence-corrected chi connectivity index (χ1v) is 6.05. The van der Waals surface area contributed by atoms with Crippen molar-refractivity contribution in [3.05, 3.63) is 28.8 Å². The molecule has 0 aromatic heterocycles. The molecule has 1 unspecified atom stereocenters. The van der Waals surface area contributed by atoms with Crippen molar-refractivity contribution < 1.29 is 14.6 Å². The lowest BCUT2D eigenvalue weighted by Crippen LogP contribution is -2.18. The molecular formula is C13H15ClO3. The van der Waals surface area contributed by atoms with Gasteiger partial charge in [-0.2, -0.15) is 0 Å². The Hall–Kier alpha value is -1.22. The van der Waals surface area contributed by atoms with E-state index in [9.17, 15) is 4.79 Å². The van der Waals surface area contributed by atoms with Crippen LogP contribution in [0.4, 0.5) is 0 Å². The van der Waals surface area contributed by atoms with E-state index in [-0.39, 0.29) is 5.92 Å². The minimum Gasteiger partial charge on any atom is -0.495 e. The summed E-state index contributed by atoms with van der Waals surface area (Å²) in [5.41, 5.74) is 0.954. The van der Waals surface area contributed by atoms with Crippen LogP contribution in [0.3, 0.4) is 0 Å². The van der Waals surface area contributed by atoms with Crippen LogP contribution in [0.2, 0.25) is 5.02 Å². The van der Waals surface area contributed by atoms with E-state index in [0.717, 1.165) is 18.4 Å². The standard InChI is InChI=1S/C13H15ClO3/c1-17-12-5-2-8(7-11(12)14)6-10(13(15)16)9-3-4-9/h2,5,7,9-10H,3-4,6H2,1H3,(H,15,16). The summed E-state index contributed by atoms with van der Waals surface area (Å²) < 4.78 is 5.06. The summed E-state index contributed by atoms with van der Waals surface area (Å²) in [6.45, 7) is 0. The second kappa shape index (κ2) is 4.96. The van der Waals surface area contributed by atoms with Crippen molar-refractivity contribution in [2.24, 2.45) is 11.8 Å². The predicted octanol–water partition coefficient (Wildman–Crippen LogP) is 3.00. The highest BCUT2D eigenvalue weighted by atomic mass is 35.5. The molecule has 0 saturated heterocycles. The fourth-order valence-electron chi connectivity index (χ4n) is 2.04. The van der Waals surface area contributed by atoms with Gasteiger partial charge >= 0.3 is 5.97 Å². The van der Waals surface area contributed by atoms with Crippen LogP contribution in [0.5, 0.6) is 5.75 Å². The van der Waals surface area contributed by atoms with Crippen molar-refractivity contribution in [1.82, 2.24) is 0 Å². The Bertz CT molecular complexity index is 427. The van der Waals surface area contributed by atoms with Crippen LogP contribution in [-0.2, 0) is 11.2 Å². The van der Waals surface area contributed by atoms with Crippen molar-refractivity contribution >= 4 is 17.6 Å². The number of halogens is 1. The molecule has 17 heavy (non-hydrogen) atoms. The second-order valence-electron chi connectivity index (χ2n) is 4.46. The van der Waals surface area contributed by atoms with Gasteiger partial charge in [-0.3, -0.25) is 4.79 Å². The summed E-state index contributed by atoms with van der Waals surface area (Å²) in [5.74, 6) is -0.0269. The van der Waals surface area contributed by atoms with Crippen LogP contribution < -0.4 is 4.74 Å². The molecule has 0 aliphatic heterocycles. The lowest BCUT2D eigenvalue weighted by molar-refractivity contribution is -0.142. The molecule has 1 saturated carbocycles. The van der Waals surface area contributed by atoms with Crippen molar-refractivity contribution in [3.8, 4) is 5.75 Å². The van der Waals surface area contributed by atoms with Crippen LogP contribution in [0.15, 0.2) is 18.2 Å². The molecule has 1 aliphatic carbocycles. The lowest BCUT2D eigenvalue weighted by Gasteiger charge is -2.12. The van der Waals surface area contributed by atoms with Gasteiger partial charge < -0.3 is 9.84 Å². The van der Waals surface area contributed by atoms with Gasteiger partial charge in [0.05, 0.1) is 18.1 Å². The van der Waals surface area contributed by atoms with Gasteiger partial charge in [0.2, 0.25) is 0 Å². The van der Waals surface area contributed by atoms with E-state index in [2.05, 4.69) is 0 Å². The van der Waals surface area contributed by atoms with Crippen LogP contribution in [0.25, 0.3) is 0 Å². The molecule has 0 amide bonds.